The summed E-state index contributed by atoms with van der Waals surface area (Å²) in [5, 5.41) is 11.4. The maximum Gasteiger partial charge on any atom is 0.139 e. The lowest BCUT2D eigenvalue weighted by atomic mass is 10.1. The average molecular weight is 269 g/mol. The van der Waals surface area contributed by atoms with Gasteiger partial charge in [-0.25, -0.2) is 4.98 Å². The molecular weight excluding hydrogens is 258 g/mol. The van der Waals surface area contributed by atoms with Crippen LogP contribution in [0.25, 0.3) is 27.6 Å². The van der Waals surface area contributed by atoms with Gasteiger partial charge in [0.1, 0.15) is 5.82 Å². The summed E-state index contributed by atoms with van der Waals surface area (Å²) in [7, 11) is 0. The summed E-state index contributed by atoms with van der Waals surface area (Å²) in [6.07, 6.45) is 1.99. The normalized spacial score (nSPS) is 10.8. The Labute approximate surface area is 121 Å². The van der Waals surface area contributed by atoms with Gasteiger partial charge in [-0.3, -0.25) is 0 Å². The molecule has 2 aromatic heterocycles. The van der Waals surface area contributed by atoms with Gasteiger partial charge >= 0.3 is 0 Å². The number of nitriles is 1. The minimum atomic E-state index is 0.647. The predicted octanol–water partition coefficient (Wildman–Crippen LogP) is 4.05. The van der Waals surface area contributed by atoms with Crippen LogP contribution in [-0.4, -0.2) is 9.55 Å². The van der Waals surface area contributed by atoms with E-state index in [0.29, 0.717) is 5.56 Å². The van der Waals surface area contributed by atoms with E-state index in [0.717, 1.165) is 27.6 Å². The molecule has 0 aliphatic rings. The van der Waals surface area contributed by atoms with E-state index in [-0.39, 0.29) is 0 Å². The van der Waals surface area contributed by atoms with Gasteiger partial charge in [0.2, 0.25) is 0 Å². The second-order valence-electron chi connectivity index (χ2n) is 4.90. The van der Waals surface area contributed by atoms with Gasteiger partial charge in [0.15, 0.2) is 0 Å². The number of fused-ring (bicyclic) bond motifs is 2. The van der Waals surface area contributed by atoms with Crippen molar-refractivity contribution in [3.63, 3.8) is 0 Å². The van der Waals surface area contributed by atoms with E-state index < -0.39 is 0 Å². The van der Waals surface area contributed by atoms with Crippen molar-refractivity contribution in [2.75, 3.05) is 0 Å². The van der Waals surface area contributed by atoms with Crippen LogP contribution in [0.2, 0.25) is 0 Å². The predicted molar refractivity (Wildman–Crippen MR) is 83.3 cm³/mol. The zero-order chi connectivity index (χ0) is 14.2. The van der Waals surface area contributed by atoms with Crippen LogP contribution in [-0.2, 0) is 0 Å². The van der Waals surface area contributed by atoms with Gasteiger partial charge in [-0.15, -0.1) is 0 Å². The summed E-state index contributed by atoms with van der Waals surface area (Å²) in [4.78, 5) is 4.69. The van der Waals surface area contributed by atoms with E-state index in [1.807, 2.05) is 53.2 Å². The first-order chi connectivity index (χ1) is 10.4. The number of hydrogen-bond acceptors (Lipinski definition) is 2. The highest BCUT2D eigenvalue weighted by atomic mass is 15.0. The maximum atomic E-state index is 9.38. The Bertz CT molecular complexity index is 1010. The molecule has 3 heteroatoms. The van der Waals surface area contributed by atoms with Crippen molar-refractivity contribution >= 4 is 21.8 Å². The van der Waals surface area contributed by atoms with Gasteiger partial charge in [0.05, 0.1) is 22.7 Å². The average Bonchev–Trinajstić information content (AvgIpc) is 2.98. The van der Waals surface area contributed by atoms with Crippen molar-refractivity contribution < 1.29 is 0 Å². The Morgan fingerprint density at radius 3 is 2.67 bits per heavy atom. The third-order valence-electron chi connectivity index (χ3n) is 3.67. The molecule has 2 aromatic carbocycles. The van der Waals surface area contributed by atoms with E-state index in [4.69, 9.17) is 0 Å². The van der Waals surface area contributed by atoms with Gasteiger partial charge < -0.3 is 4.57 Å². The Hall–Kier alpha value is -3.12. The van der Waals surface area contributed by atoms with Crippen LogP contribution in [0.3, 0.4) is 0 Å². The quantitative estimate of drug-likeness (QED) is 0.523. The molecule has 0 spiro atoms. The topological polar surface area (TPSA) is 41.6 Å². The van der Waals surface area contributed by atoms with Gasteiger partial charge in [-0.1, -0.05) is 36.4 Å². The number of rotatable bonds is 1. The lowest BCUT2D eigenvalue weighted by Gasteiger charge is -2.07. The zero-order valence-electron chi connectivity index (χ0n) is 11.2. The molecule has 3 nitrogen and oxygen atoms in total. The molecule has 2 heterocycles. The van der Waals surface area contributed by atoms with Gasteiger partial charge in [-0.2, -0.15) is 5.26 Å². The summed E-state index contributed by atoms with van der Waals surface area (Å²) in [6, 6.07) is 22.0. The summed E-state index contributed by atoms with van der Waals surface area (Å²) in [6.45, 7) is 0. The lowest BCUT2D eigenvalue weighted by Crippen LogP contribution is -1.97. The highest BCUT2D eigenvalue weighted by Gasteiger charge is 2.08. The standard InChI is InChI=1S/C18H11N3/c19-12-14-11-18(20-16-7-3-2-6-15(14)16)21-10-9-13-5-1-4-8-17(13)21/h1-11H. The molecule has 0 saturated heterocycles. The molecule has 0 fully saturated rings. The largest absolute Gasteiger partial charge is 0.301 e. The number of benzene rings is 2. The van der Waals surface area contributed by atoms with E-state index in [1.165, 1.54) is 0 Å². The summed E-state index contributed by atoms with van der Waals surface area (Å²) in [5.74, 6) is 0.770. The molecular formula is C18H11N3. The molecule has 21 heavy (non-hydrogen) atoms. The molecule has 0 unspecified atom stereocenters. The first-order valence-corrected chi connectivity index (χ1v) is 6.73. The fraction of sp³-hybridized carbons (Fsp3) is 0. The SMILES string of the molecule is N#Cc1cc(-n2ccc3ccccc32)nc2ccccc12. The van der Waals surface area contributed by atoms with Gasteiger partial charge in [0, 0.05) is 11.6 Å². The summed E-state index contributed by atoms with van der Waals surface area (Å²) < 4.78 is 2.02. The summed E-state index contributed by atoms with van der Waals surface area (Å²) >= 11 is 0. The van der Waals surface area contributed by atoms with Crippen molar-refractivity contribution in [1.29, 1.82) is 5.26 Å². The molecule has 0 amide bonds. The molecule has 0 bridgehead atoms. The van der Waals surface area contributed by atoms with Crippen molar-refractivity contribution in [1.82, 2.24) is 9.55 Å². The maximum absolute atomic E-state index is 9.38. The fourth-order valence-electron chi connectivity index (χ4n) is 2.66. The van der Waals surface area contributed by atoms with E-state index >= 15 is 0 Å². The number of para-hydroxylation sites is 2. The van der Waals surface area contributed by atoms with Crippen LogP contribution in [0.15, 0.2) is 66.9 Å². The van der Waals surface area contributed by atoms with Crippen molar-refractivity contribution in [3.8, 4) is 11.9 Å². The molecule has 0 saturated carbocycles. The second kappa shape index (κ2) is 4.46. The fourth-order valence-corrected chi connectivity index (χ4v) is 2.66. The number of nitrogens with zero attached hydrogens (tertiary/aromatic N) is 3. The lowest BCUT2D eigenvalue weighted by molar-refractivity contribution is 1.06. The molecule has 0 atom stereocenters. The van der Waals surface area contributed by atoms with E-state index in [9.17, 15) is 5.26 Å². The molecule has 4 aromatic rings. The molecule has 0 N–H and O–H groups in total. The van der Waals surface area contributed by atoms with Crippen molar-refractivity contribution in [2.24, 2.45) is 0 Å². The molecule has 4 rings (SSSR count). The van der Waals surface area contributed by atoms with Crippen LogP contribution in [0.1, 0.15) is 5.56 Å². The van der Waals surface area contributed by atoms with Crippen LogP contribution < -0.4 is 0 Å². The molecule has 0 radical (unpaired) electrons. The number of pyridine rings is 1. The van der Waals surface area contributed by atoms with Gasteiger partial charge in [-0.05, 0) is 29.7 Å². The monoisotopic (exact) mass is 269 g/mol. The first kappa shape index (κ1) is 11.7. The highest BCUT2D eigenvalue weighted by Crippen LogP contribution is 2.23. The zero-order valence-corrected chi connectivity index (χ0v) is 11.2. The van der Waals surface area contributed by atoms with Gasteiger partial charge in [0.25, 0.3) is 0 Å². The van der Waals surface area contributed by atoms with Crippen LogP contribution in [0, 0.1) is 11.3 Å². The minimum Gasteiger partial charge on any atom is -0.301 e. The molecule has 98 valence electrons. The van der Waals surface area contributed by atoms with Crippen LogP contribution in [0.5, 0.6) is 0 Å². The van der Waals surface area contributed by atoms with Crippen molar-refractivity contribution in [2.45, 2.75) is 0 Å². The van der Waals surface area contributed by atoms with Crippen LogP contribution in [0.4, 0.5) is 0 Å². The third kappa shape index (κ3) is 1.78. The van der Waals surface area contributed by atoms with Crippen LogP contribution >= 0.6 is 0 Å². The summed E-state index contributed by atoms with van der Waals surface area (Å²) in [5.41, 5.74) is 2.57. The number of aromatic nitrogens is 2. The Balaban J connectivity index is 2.05. The van der Waals surface area contributed by atoms with Crippen molar-refractivity contribution in [3.05, 3.63) is 72.4 Å². The third-order valence-corrected chi connectivity index (χ3v) is 3.67. The molecule has 0 aliphatic carbocycles. The number of hydrogen-bond donors (Lipinski definition) is 0. The minimum absolute atomic E-state index is 0.647. The molecule has 0 aliphatic heterocycles. The Kier molecular flexibility index (Phi) is 2.48. The Morgan fingerprint density at radius 1 is 0.952 bits per heavy atom. The van der Waals surface area contributed by atoms with E-state index in [1.54, 1.807) is 0 Å². The smallest absolute Gasteiger partial charge is 0.139 e. The second-order valence-corrected chi connectivity index (χ2v) is 4.90. The van der Waals surface area contributed by atoms with E-state index in [2.05, 4.69) is 29.3 Å². The first-order valence-electron chi connectivity index (χ1n) is 6.73. The highest BCUT2D eigenvalue weighted by molar-refractivity contribution is 5.87. The Morgan fingerprint density at radius 2 is 1.76 bits per heavy atom.